The Balaban J connectivity index is 0.000000527. The second-order valence-corrected chi connectivity index (χ2v) is 8.89. The topological polar surface area (TPSA) is 92.0 Å². The number of nitrogens with zero attached hydrogens (tertiary/aromatic N) is 4. The smallest absolute Gasteiger partial charge is 0.261 e. The molecule has 2 aliphatic heterocycles. The van der Waals surface area contributed by atoms with Gasteiger partial charge in [0.2, 0.25) is 0 Å². The highest BCUT2D eigenvalue weighted by Gasteiger charge is 2.27. The van der Waals surface area contributed by atoms with Crippen LogP contribution in [0.4, 0.5) is 20.2 Å². The molecule has 5 rings (SSSR count). The van der Waals surface area contributed by atoms with Crippen LogP contribution >= 0.6 is 0 Å². The molecular formula is C25H31F2N5O3. The average molecular weight is 488 g/mol. The van der Waals surface area contributed by atoms with Crippen molar-refractivity contribution in [1.29, 1.82) is 0 Å². The van der Waals surface area contributed by atoms with E-state index in [4.69, 9.17) is 4.74 Å². The Morgan fingerprint density at radius 2 is 2.03 bits per heavy atom. The first-order chi connectivity index (χ1) is 16.9. The first-order valence-electron chi connectivity index (χ1n) is 12.0. The summed E-state index contributed by atoms with van der Waals surface area (Å²) < 4.78 is 31.9. The van der Waals surface area contributed by atoms with E-state index in [1.54, 1.807) is 6.92 Å². The van der Waals surface area contributed by atoms with Gasteiger partial charge in [0.25, 0.3) is 5.91 Å². The van der Waals surface area contributed by atoms with Crippen LogP contribution in [-0.4, -0.2) is 57.6 Å². The normalized spacial score (nSPS) is 17.9. The van der Waals surface area contributed by atoms with Crippen LogP contribution in [0.5, 0.6) is 5.75 Å². The minimum absolute atomic E-state index is 0.0555. The van der Waals surface area contributed by atoms with Crippen LogP contribution in [0.3, 0.4) is 0 Å². The number of fused-ring (bicyclic) bond motifs is 2. The maximum atomic E-state index is 13.4. The second-order valence-electron chi connectivity index (χ2n) is 8.89. The molecule has 35 heavy (non-hydrogen) atoms. The standard InChI is InChI=1S/C21H22FN5O3.C4H9F/c22-14-9-23-20-16(10-24-27(20)11-14)21(29)25-17-7-13-6-15(12-28)30-19(13)8-18(17)26-4-2-1-3-5-26;1-3-4(2)5/h7-11,15,28H,1-6,12H2,(H,25,29);4H,3H2,1-2H3. The molecule has 1 fully saturated rings. The number of carbonyl (C=O) groups is 1. The molecule has 0 aliphatic carbocycles. The number of aliphatic hydroxyl groups excluding tert-OH is 1. The largest absolute Gasteiger partial charge is 0.487 e. The van der Waals surface area contributed by atoms with Gasteiger partial charge in [-0.25, -0.2) is 18.3 Å². The van der Waals surface area contributed by atoms with E-state index in [0.29, 0.717) is 24.2 Å². The van der Waals surface area contributed by atoms with Crippen molar-refractivity contribution in [1.82, 2.24) is 14.6 Å². The van der Waals surface area contributed by atoms with Gasteiger partial charge in [0.15, 0.2) is 11.5 Å². The fourth-order valence-electron chi connectivity index (χ4n) is 4.15. The minimum atomic E-state index is -0.616. The molecule has 3 aromatic rings. The Kier molecular flexibility index (Phi) is 7.80. The van der Waals surface area contributed by atoms with Crippen molar-refractivity contribution in [3.63, 3.8) is 0 Å². The predicted octanol–water partition coefficient (Wildman–Crippen LogP) is 4.16. The number of nitrogens with one attached hydrogen (secondary N) is 1. The van der Waals surface area contributed by atoms with E-state index in [-0.39, 0.29) is 24.2 Å². The van der Waals surface area contributed by atoms with E-state index in [0.717, 1.165) is 49.1 Å². The van der Waals surface area contributed by atoms with Crippen molar-refractivity contribution >= 4 is 22.9 Å². The van der Waals surface area contributed by atoms with Crippen LogP contribution in [0.25, 0.3) is 5.65 Å². The summed E-state index contributed by atoms with van der Waals surface area (Å²) in [6.07, 6.45) is 7.35. The number of piperidine rings is 1. The maximum absolute atomic E-state index is 13.4. The minimum Gasteiger partial charge on any atom is -0.487 e. The van der Waals surface area contributed by atoms with Gasteiger partial charge in [-0.1, -0.05) is 6.92 Å². The zero-order valence-corrected chi connectivity index (χ0v) is 20.0. The molecule has 0 spiro atoms. The molecule has 0 radical (unpaired) electrons. The molecule has 0 saturated carbocycles. The molecule has 2 aliphatic rings. The van der Waals surface area contributed by atoms with Gasteiger partial charge in [-0.05, 0) is 38.7 Å². The summed E-state index contributed by atoms with van der Waals surface area (Å²) in [5.41, 5.74) is 3.09. The summed E-state index contributed by atoms with van der Waals surface area (Å²) in [7, 11) is 0. The highest BCUT2D eigenvalue weighted by molar-refractivity contribution is 6.09. The van der Waals surface area contributed by atoms with Gasteiger partial charge >= 0.3 is 0 Å². The molecule has 1 aromatic carbocycles. The summed E-state index contributed by atoms with van der Waals surface area (Å²) in [5.74, 6) is -0.136. The highest BCUT2D eigenvalue weighted by Crippen LogP contribution is 2.39. The molecule has 2 aromatic heterocycles. The molecule has 2 unspecified atom stereocenters. The molecule has 1 amide bonds. The van der Waals surface area contributed by atoms with Crippen molar-refractivity contribution in [2.24, 2.45) is 0 Å². The first-order valence-corrected chi connectivity index (χ1v) is 12.0. The van der Waals surface area contributed by atoms with Crippen molar-refractivity contribution < 1.29 is 23.4 Å². The lowest BCUT2D eigenvalue weighted by Crippen LogP contribution is -2.30. The van der Waals surface area contributed by atoms with Crippen LogP contribution in [0.15, 0.2) is 30.7 Å². The van der Waals surface area contributed by atoms with Crippen LogP contribution in [0.1, 0.15) is 55.5 Å². The molecule has 188 valence electrons. The highest BCUT2D eigenvalue weighted by atomic mass is 19.1. The Labute approximate surface area is 202 Å². The zero-order valence-electron chi connectivity index (χ0n) is 20.0. The van der Waals surface area contributed by atoms with E-state index in [2.05, 4.69) is 20.3 Å². The van der Waals surface area contributed by atoms with Gasteiger partial charge in [-0.3, -0.25) is 4.79 Å². The van der Waals surface area contributed by atoms with E-state index in [1.807, 2.05) is 19.1 Å². The van der Waals surface area contributed by atoms with Crippen molar-refractivity contribution in [2.45, 2.75) is 58.2 Å². The number of rotatable bonds is 5. The lowest BCUT2D eigenvalue weighted by Gasteiger charge is -2.31. The third kappa shape index (κ3) is 5.70. The van der Waals surface area contributed by atoms with E-state index < -0.39 is 12.0 Å². The number of aromatic nitrogens is 3. The third-order valence-corrected chi connectivity index (χ3v) is 6.20. The molecule has 0 bridgehead atoms. The molecule has 1 saturated heterocycles. The number of halogens is 2. The van der Waals surface area contributed by atoms with Crippen molar-refractivity contribution in [3.8, 4) is 5.75 Å². The van der Waals surface area contributed by atoms with Crippen LogP contribution in [-0.2, 0) is 6.42 Å². The third-order valence-electron chi connectivity index (χ3n) is 6.20. The number of amides is 1. The van der Waals surface area contributed by atoms with Crippen molar-refractivity contribution in [3.05, 3.63) is 47.7 Å². The first kappa shape index (κ1) is 24.8. The number of ether oxygens (including phenoxy) is 1. The van der Waals surface area contributed by atoms with E-state index >= 15 is 0 Å². The van der Waals surface area contributed by atoms with Crippen LogP contribution < -0.4 is 15.0 Å². The summed E-state index contributed by atoms with van der Waals surface area (Å²) >= 11 is 0. The molecule has 2 atom stereocenters. The number of aliphatic hydroxyl groups is 1. The van der Waals surface area contributed by atoms with Crippen LogP contribution in [0.2, 0.25) is 0 Å². The molecule has 8 nitrogen and oxygen atoms in total. The molecule has 10 heteroatoms. The zero-order chi connectivity index (χ0) is 24.9. The molecular weight excluding hydrogens is 456 g/mol. The molecule has 2 N–H and O–H groups in total. The van der Waals surface area contributed by atoms with E-state index in [1.165, 1.54) is 23.3 Å². The fourth-order valence-corrected chi connectivity index (χ4v) is 4.15. The van der Waals surface area contributed by atoms with Gasteiger partial charge in [0, 0.05) is 31.1 Å². The molecule has 4 heterocycles. The number of benzene rings is 1. The number of hydrogen-bond acceptors (Lipinski definition) is 6. The second kappa shape index (κ2) is 11.0. The van der Waals surface area contributed by atoms with Gasteiger partial charge in [0.05, 0.1) is 42.7 Å². The Bertz CT molecular complexity index is 1180. The van der Waals surface area contributed by atoms with Crippen LogP contribution in [0, 0.1) is 5.82 Å². The predicted molar refractivity (Wildman–Crippen MR) is 129 cm³/mol. The lowest BCUT2D eigenvalue weighted by molar-refractivity contribution is 0.102. The quantitative estimate of drug-likeness (QED) is 0.562. The lowest BCUT2D eigenvalue weighted by atomic mass is 10.0. The van der Waals surface area contributed by atoms with Gasteiger partial charge in [-0.15, -0.1) is 0 Å². The Morgan fingerprint density at radius 1 is 1.29 bits per heavy atom. The van der Waals surface area contributed by atoms with Crippen molar-refractivity contribution in [2.75, 3.05) is 29.9 Å². The average Bonchev–Trinajstić information content (AvgIpc) is 3.47. The van der Waals surface area contributed by atoms with Gasteiger partial charge in [-0.2, -0.15) is 5.10 Å². The monoisotopic (exact) mass is 487 g/mol. The number of carbonyl (C=O) groups excluding carboxylic acids is 1. The maximum Gasteiger partial charge on any atom is 0.261 e. The fraction of sp³-hybridized carbons (Fsp3) is 0.480. The number of alkyl halides is 1. The number of anilines is 2. The summed E-state index contributed by atoms with van der Waals surface area (Å²) in [5, 5.41) is 16.5. The summed E-state index contributed by atoms with van der Waals surface area (Å²) in [6, 6.07) is 3.88. The summed E-state index contributed by atoms with van der Waals surface area (Å²) in [6.45, 7) is 5.13. The number of hydrogen-bond donors (Lipinski definition) is 2. The Morgan fingerprint density at radius 3 is 2.71 bits per heavy atom. The Hall–Kier alpha value is -3.27. The van der Waals surface area contributed by atoms with E-state index in [9.17, 15) is 18.7 Å². The van der Waals surface area contributed by atoms with Gasteiger partial charge in [0.1, 0.15) is 17.4 Å². The summed E-state index contributed by atoms with van der Waals surface area (Å²) in [4.78, 5) is 19.3. The SMILES string of the molecule is CCC(C)F.O=C(Nc1cc2c(cc1N1CCCCC1)OC(CO)C2)c1cnn2cc(F)cnc12. The van der Waals surface area contributed by atoms with Gasteiger partial charge < -0.3 is 20.1 Å².